The van der Waals surface area contributed by atoms with Crippen LogP contribution in [0, 0.1) is 0 Å². The smallest absolute Gasteiger partial charge is 0.253 e. The first kappa shape index (κ1) is 16.0. The lowest BCUT2D eigenvalue weighted by molar-refractivity contribution is 0.0766. The van der Waals surface area contributed by atoms with E-state index in [2.05, 4.69) is 5.10 Å². The summed E-state index contributed by atoms with van der Waals surface area (Å²) in [5.41, 5.74) is 1.60. The second-order valence-electron chi connectivity index (χ2n) is 5.96. The Balaban J connectivity index is 1.48. The molecule has 0 spiro atoms. The highest BCUT2D eigenvalue weighted by atomic mass is 32.2. The minimum absolute atomic E-state index is 0.0784. The highest BCUT2D eigenvalue weighted by molar-refractivity contribution is 7.99. The normalized spacial score (nSPS) is 18.1. The fraction of sp³-hybridized carbons (Fsp3) is 0.263. The van der Waals surface area contributed by atoms with E-state index in [-0.39, 0.29) is 5.91 Å². The number of thioether (sulfide) groups is 1. The lowest BCUT2D eigenvalue weighted by Gasteiger charge is -2.20. The summed E-state index contributed by atoms with van der Waals surface area (Å²) in [5.74, 6) is 1.99. The van der Waals surface area contributed by atoms with Crippen molar-refractivity contribution in [2.75, 3.05) is 18.8 Å². The van der Waals surface area contributed by atoms with Gasteiger partial charge in [-0.2, -0.15) is 5.10 Å². The van der Waals surface area contributed by atoms with Gasteiger partial charge in [0.25, 0.3) is 5.91 Å². The van der Waals surface area contributed by atoms with E-state index in [0.717, 1.165) is 36.7 Å². The molecule has 3 aromatic rings. The zero-order valence-corrected chi connectivity index (χ0v) is 14.6. The maximum Gasteiger partial charge on any atom is 0.253 e. The zero-order chi connectivity index (χ0) is 17.1. The molecular formula is C19H19N3O2S. The van der Waals surface area contributed by atoms with Gasteiger partial charge in [0.05, 0.1) is 17.2 Å². The minimum Gasteiger partial charge on any atom is -0.468 e. The molecule has 1 aliphatic rings. The van der Waals surface area contributed by atoms with Gasteiger partial charge >= 0.3 is 0 Å². The van der Waals surface area contributed by atoms with Crippen molar-refractivity contribution in [1.29, 1.82) is 0 Å². The molecule has 0 N–H and O–H groups in total. The highest BCUT2D eigenvalue weighted by Gasteiger charge is 2.24. The van der Waals surface area contributed by atoms with Crippen molar-refractivity contribution in [3.63, 3.8) is 0 Å². The van der Waals surface area contributed by atoms with Gasteiger partial charge in [-0.1, -0.05) is 6.07 Å². The van der Waals surface area contributed by atoms with E-state index in [1.54, 1.807) is 17.1 Å². The van der Waals surface area contributed by atoms with Gasteiger partial charge in [0, 0.05) is 36.8 Å². The molecule has 1 aliphatic heterocycles. The number of hydrogen-bond donors (Lipinski definition) is 0. The van der Waals surface area contributed by atoms with Gasteiger partial charge in [-0.25, -0.2) is 4.68 Å². The standard InChI is InChI=1S/C19H19N3O2S/c23-19(15-4-1-5-16(14-15)22-9-3-8-20-22)21-10-7-18(25-13-11-21)17-6-2-12-24-17/h1-6,8-9,12,14,18H,7,10-11,13H2/t18-/m0/s1. The van der Waals surface area contributed by atoms with E-state index in [4.69, 9.17) is 4.42 Å². The summed E-state index contributed by atoms with van der Waals surface area (Å²) in [4.78, 5) is 14.9. The number of furan rings is 1. The summed E-state index contributed by atoms with van der Waals surface area (Å²) in [6.07, 6.45) is 6.22. The van der Waals surface area contributed by atoms with Crippen molar-refractivity contribution in [3.05, 3.63) is 72.4 Å². The summed E-state index contributed by atoms with van der Waals surface area (Å²) < 4.78 is 7.30. The Bertz CT molecular complexity index is 830. The summed E-state index contributed by atoms with van der Waals surface area (Å²) in [7, 11) is 0. The summed E-state index contributed by atoms with van der Waals surface area (Å²) in [6, 6.07) is 13.4. The van der Waals surface area contributed by atoms with E-state index >= 15 is 0 Å². The molecule has 1 atom stereocenters. The third kappa shape index (κ3) is 3.49. The Kier molecular flexibility index (Phi) is 4.61. The van der Waals surface area contributed by atoms with Gasteiger partial charge < -0.3 is 9.32 Å². The molecule has 1 saturated heterocycles. The Morgan fingerprint density at radius 1 is 1.20 bits per heavy atom. The predicted molar refractivity (Wildman–Crippen MR) is 98.0 cm³/mol. The number of carbonyl (C=O) groups is 1. The topological polar surface area (TPSA) is 51.3 Å². The summed E-state index contributed by atoms with van der Waals surface area (Å²) in [5, 5.41) is 4.55. The molecule has 25 heavy (non-hydrogen) atoms. The molecule has 5 nitrogen and oxygen atoms in total. The Labute approximate surface area is 150 Å². The first-order chi connectivity index (χ1) is 12.3. The van der Waals surface area contributed by atoms with Crippen LogP contribution in [0.25, 0.3) is 5.69 Å². The lowest BCUT2D eigenvalue weighted by atomic mass is 10.1. The molecule has 0 aliphatic carbocycles. The average molecular weight is 353 g/mol. The SMILES string of the molecule is O=C(c1cccc(-n2cccn2)c1)N1CCS[C@H](c2ccco2)CC1. The molecule has 2 aromatic heterocycles. The molecule has 0 radical (unpaired) electrons. The number of hydrogen-bond acceptors (Lipinski definition) is 4. The number of benzene rings is 1. The maximum atomic E-state index is 12.9. The first-order valence-corrected chi connectivity index (χ1v) is 9.40. The van der Waals surface area contributed by atoms with Crippen molar-refractivity contribution in [1.82, 2.24) is 14.7 Å². The second kappa shape index (κ2) is 7.19. The van der Waals surface area contributed by atoms with Crippen LogP contribution in [0.3, 0.4) is 0 Å². The number of rotatable bonds is 3. The number of carbonyl (C=O) groups excluding carboxylic acids is 1. The van der Waals surface area contributed by atoms with Gasteiger partial charge in [-0.3, -0.25) is 4.79 Å². The Morgan fingerprint density at radius 3 is 2.96 bits per heavy atom. The van der Waals surface area contributed by atoms with Crippen molar-refractivity contribution in [2.24, 2.45) is 0 Å². The van der Waals surface area contributed by atoms with Gasteiger partial charge in [-0.05, 0) is 42.8 Å². The molecule has 0 bridgehead atoms. The monoisotopic (exact) mass is 353 g/mol. The van der Waals surface area contributed by atoms with Crippen LogP contribution in [0.2, 0.25) is 0 Å². The van der Waals surface area contributed by atoms with Gasteiger partial charge in [0.1, 0.15) is 5.76 Å². The molecule has 1 aromatic carbocycles. The molecule has 0 saturated carbocycles. The molecule has 1 fully saturated rings. The molecule has 0 unspecified atom stereocenters. The van der Waals surface area contributed by atoms with Crippen molar-refractivity contribution in [2.45, 2.75) is 11.7 Å². The van der Waals surface area contributed by atoms with E-state index in [1.165, 1.54) is 0 Å². The minimum atomic E-state index is 0.0784. The van der Waals surface area contributed by atoms with Crippen LogP contribution < -0.4 is 0 Å². The van der Waals surface area contributed by atoms with Gasteiger partial charge in [-0.15, -0.1) is 11.8 Å². The molecule has 128 valence electrons. The third-order valence-corrected chi connectivity index (χ3v) is 5.64. The molecule has 4 rings (SSSR count). The van der Waals surface area contributed by atoms with Crippen molar-refractivity contribution >= 4 is 17.7 Å². The maximum absolute atomic E-state index is 12.9. The van der Waals surface area contributed by atoms with E-state index in [1.807, 2.05) is 65.3 Å². The zero-order valence-electron chi connectivity index (χ0n) is 13.7. The fourth-order valence-electron chi connectivity index (χ4n) is 3.06. The number of nitrogens with zero attached hydrogens (tertiary/aromatic N) is 3. The molecule has 3 heterocycles. The van der Waals surface area contributed by atoms with E-state index in [0.29, 0.717) is 10.8 Å². The van der Waals surface area contributed by atoms with Gasteiger partial charge in [0.15, 0.2) is 0 Å². The van der Waals surface area contributed by atoms with Crippen LogP contribution in [-0.2, 0) is 0 Å². The highest BCUT2D eigenvalue weighted by Crippen LogP contribution is 2.34. The molecular weight excluding hydrogens is 334 g/mol. The average Bonchev–Trinajstić information content (AvgIpc) is 3.32. The Morgan fingerprint density at radius 2 is 2.16 bits per heavy atom. The fourth-order valence-corrected chi connectivity index (χ4v) is 4.24. The van der Waals surface area contributed by atoms with Crippen molar-refractivity contribution < 1.29 is 9.21 Å². The van der Waals surface area contributed by atoms with Crippen LogP contribution in [0.5, 0.6) is 0 Å². The summed E-state index contributed by atoms with van der Waals surface area (Å²) in [6.45, 7) is 1.50. The van der Waals surface area contributed by atoms with E-state index in [9.17, 15) is 4.79 Å². The van der Waals surface area contributed by atoms with Crippen LogP contribution in [0.15, 0.2) is 65.5 Å². The number of amides is 1. The van der Waals surface area contributed by atoms with Crippen LogP contribution >= 0.6 is 11.8 Å². The lowest BCUT2D eigenvalue weighted by Crippen LogP contribution is -2.33. The molecule has 6 heteroatoms. The van der Waals surface area contributed by atoms with Gasteiger partial charge in [0.2, 0.25) is 0 Å². The van der Waals surface area contributed by atoms with Crippen LogP contribution in [0.1, 0.15) is 27.8 Å². The van der Waals surface area contributed by atoms with Crippen LogP contribution in [-0.4, -0.2) is 39.4 Å². The number of aromatic nitrogens is 2. The third-order valence-electron chi connectivity index (χ3n) is 4.35. The second-order valence-corrected chi connectivity index (χ2v) is 7.27. The largest absolute Gasteiger partial charge is 0.468 e. The van der Waals surface area contributed by atoms with E-state index < -0.39 is 0 Å². The van der Waals surface area contributed by atoms with Crippen molar-refractivity contribution in [3.8, 4) is 5.69 Å². The van der Waals surface area contributed by atoms with Crippen LogP contribution in [0.4, 0.5) is 0 Å². The molecule has 1 amide bonds. The first-order valence-electron chi connectivity index (χ1n) is 8.35. The Hall–Kier alpha value is -2.47. The summed E-state index contributed by atoms with van der Waals surface area (Å²) >= 11 is 1.86. The predicted octanol–water partition coefficient (Wildman–Crippen LogP) is 3.79. The quantitative estimate of drug-likeness (QED) is 0.719.